The molecule has 3 N–H and O–H groups in total. The fourth-order valence-corrected chi connectivity index (χ4v) is 1.78. The number of hydrogen-bond acceptors (Lipinski definition) is 4. The summed E-state index contributed by atoms with van der Waals surface area (Å²) >= 11 is 11.6. The lowest BCUT2D eigenvalue weighted by atomic mass is 10.3. The van der Waals surface area contributed by atoms with E-state index < -0.39 is 11.8 Å². The molecule has 20 heavy (non-hydrogen) atoms. The fourth-order valence-electron chi connectivity index (χ4n) is 1.44. The molecule has 2 amide bonds. The molecule has 104 valence electrons. The van der Waals surface area contributed by atoms with Gasteiger partial charge in [0, 0.05) is 6.20 Å². The lowest BCUT2D eigenvalue weighted by molar-refractivity contribution is -0.118. The second-order valence-electron chi connectivity index (χ2n) is 3.81. The maximum Gasteiger partial charge on any atom is 0.275 e. The highest BCUT2D eigenvalue weighted by Gasteiger charge is 2.14. The maximum atomic E-state index is 12.0. The molecule has 2 rings (SSSR count). The van der Waals surface area contributed by atoms with Gasteiger partial charge in [-0.15, -0.1) is 0 Å². The highest BCUT2D eigenvalue weighted by Crippen LogP contribution is 2.18. The summed E-state index contributed by atoms with van der Waals surface area (Å²) in [5, 5.41) is 6.74. The Morgan fingerprint density at radius 2 is 2.10 bits per heavy atom. The average Bonchev–Trinajstić information content (AvgIpc) is 2.78. The second kappa shape index (κ2) is 5.89. The van der Waals surface area contributed by atoms with Crippen LogP contribution in [-0.4, -0.2) is 26.6 Å². The van der Waals surface area contributed by atoms with Gasteiger partial charge in [0.05, 0.1) is 16.9 Å². The van der Waals surface area contributed by atoms with Crippen molar-refractivity contribution in [3.63, 3.8) is 0 Å². The van der Waals surface area contributed by atoms with Gasteiger partial charge in [-0.05, 0) is 12.1 Å². The Kier molecular flexibility index (Phi) is 4.21. The second-order valence-corrected chi connectivity index (χ2v) is 4.61. The Bertz CT molecular complexity index is 671. The summed E-state index contributed by atoms with van der Waals surface area (Å²) in [5.74, 6) is -1.07. The van der Waals surface area contributed by atoms with E-state index in [1.807, 2.05) is 0 Å². The first kappa shape index (κ1) is 14.3. The Labute approximate surface area is 123 Å². The van der Waals surface area contributed by atoms with E-state index in [1.54, 1.807) is 0 Å². The minimum absolute atomic E-state index is 0.00168. The van der Waals surface area contributed by atoms with Crippen molar-refractivity contribution < 1.29 is 9.59 Å². The van der Waals surface area contributed by atoms with Crippen LogP contribution in [0, 0.1) is 0 Å². The third-order valence-electron chi connectivity index (χ3n) is 2.24. The molecule has 2 aromatic heterocycles. The van der Waals surface area contributed by atoms with Gasteiger partial charge in [-0.3, -0.25) is 14.3 Å². The fraction of sp³-hybridized carbons (Fsp3) is 0.0909. The summed E-state index contributed by atoms with van der Waals surface area (Å²) in [6.07, 6.45) is 2.83. The summed E-state index contributed by atoms with van der Waals surface area (Å²) in [7, 11) is 0. The molecule has 0 fully saturated rings. The van der Waals surface area contributed by atoms with Crippen LogP contribution in [0.2, 0.25) is 10.2 Å². The lowest BCUT2D eigenvalue weighted by Gasteiger charge is -2.04. The van der Waals surface area contributed by atoms with Crippen LogP contribution in [0.3, 0.4) is 0 Å². The number of amides is 2. The summed E-state index contributed by atoms with van der Waals surface area (Å²) in [6, 6.07) is 2.95. The van der Waals surface area contributed by atoms with Gasteiger partial charge in [0.1, 0.15) is 17.4 Å². The molecule has 0 spiro atoms. The SMILES string of the molecule is NC(=O)Cn1cc(NC(=O)c2nc(Cl)ccc2Cl)cn1. The van der Waals surface area contributed by atoms with Crippen LogP contribution in [0.15, 0.2) is 24.5 Å². The number of nitrogens with two attached hydrogens (primary N) is 1. The predicted molar refractivity (Wildman–Crippen MR) is 73.6 cm³/mol. The molecular formula is C11H9Cl2N5O2. The summed E-state index contributed by atoms with van der Waals surface area (Å²) < 4.78 is 1.30. The van der Waals surface area contributed by atoms with Crippen molar-refractivity contribution in [2.24, 2.45) is 5.73 Å². The molecular weight excluding hydrogens is 305 g/mol. The summed E-state index contributed by atoms with van der Waals surface area (Å²) in [6.45, 7) is -0.0773. The zero-order valence-corrected chi connectivity index (χ0v) is 11.5. The number of primary amides is 1. The van der Waals surface area contributed by atoms with Crippen LogP contribution in [0.5, 0.6) is 0 Å². The highest BCUT2D eigenvalue weighted by atomic mass is 35.5. The number of anilines is 1. The molecule has 9 heteroatoms. The third kappa shape index (κ3) is 3.46. The number of carbonyl (C=O) groups is 2. The standard InChI is InChI=1S/C11H9Cl2N5O2/c12-7-1-2-8(13)17-10(7)11(20)16-6-3-15-18(4-6)5-9(14)19/h1-4H,5H2,(H2,14,19)(H,16,20). The molecule has 0 unspecified atom stereocenters. The quantitative estimate of drug-likeness (QED) is 0.831. The molecule has 2 aromatic rings. The zero-order chi connectivity index (χ0) is 14.7. The maximum absolute atomic E-state index is 12.0. The smallest absolute Gasteiger partial charge is 0.275 e. The monoisotopic (exact) mass is 313 g/mol. The van der Waals surface area contributed by atoms with Crippen molar-refractivity contribution in [3.8, 4) is 0 Å². The number of carbonyl (C=O) groups excluding carboxylic acids is 2. The first-order chi connectivity index (χ1) is 9.45. The number of halogens is 2. The first-order valence-corrected chi connectivity index (χ1v) is 6.15. The van der Waals surface area contributed by atoms with Gasteiger partial charge in [0.15, 0.2) is 0 Å². The van der Waals surface area contributed by atoms with E-state index >= 15 is 0 Å². The number of aromatic nitrogens is 3. The van der Waals surface area contributed by atoms with Crippen LogP contribution in [0.25, 0.3) is 0 Å². The van der Waals surface area contributed by atoms with Gasteiger partial charge in [-0.1, -0.05) is 23.2 Å². The van der Waals surface area contributed by atoms with Crippen molar-refractivity contribution in [1.82, 2.24) is 14.8 Å². The zero-order valence-electron chi connectivity index (χ0n) is 10.0. The van der Waals surface area contributed by atoms with Crippen LogP contribution in [0.4, 0.5) is 5.69 Å². The van der Waals surface area contributed by atoms with Gasteiger partial charge in [0.2, 0.25) is 5.91 Å². The minimum atomic E-state index is -0.537. The molecule has 0 aliphatic heterocycles. The van der Waals surface area contributed by atoms with Gasteiger partial charge in [-0.25, -0.2) is 4.98 Å². The van der Waals surface area contributed by atoms with Crippen molar-refractivity contribution in [2.75, 3.05) is 5.32 Å². The van der Waals surface area contributed by atoms with Crippen molar-refractivity contribution in [3.05, 3.63) is 40.4 Å². The Hall–Kier alpha value is -2.12. The summed E-state index contributed by atoms with van der Waals surface area (Å²) in [4.78, 5) is 26.6. The molecule has 2 heterocycles. The van der Waals surface area contributed by atoms with E-state index in [0.29, 0.717) is 5.69 Å². The predicted octanol–water partition coefficient (Wildman–Crippen LogP) is 1.32. The van der Waals surface area contributed by atoms with E-state index in [-0.39, 0.29) is 22.4 Å². The number of pyridine rings is 1. The van der Waals surface area contributed by atoms with Crippen LogP contribution < -0.4 is 11.1 Å². The Morgan fingerprint density at radius 1 is 1.35 bits per heavy atom. The van der Waals surface area contributed by atoms with E-state index in [4.69, 9.17) is 28.9 Å². The van der Waals surface area contributed by atoms with Crippen molar-refractivity contribution >= 4 is 40.7 Å². The third-order valence-corrected chi connectivity index (χ3v) is 2.75. The molecule has 0 aromatic carbocycles. The molecule has 0 saturated heterocycles. The Balaban J connectivity index is 2.13. The molecule has 0 radical (unpaired) electrons. The summed E-state index contributed by atoms with van der Waals surface area (Å²) in [5.41, 5.74) is 5.42. The molecule has 0 atom stereocenters. The van der Waals surface area contributed by atoms with Crippen LogP contribution in [-0.2, 0) is 11.3 Å². The minimum Gasteiger partial charge on any atom is -0.368 e. The molecule has 0 aliphatic carbocycles. The van der Waals surface area contributed by atoms with E-state index in [2.05, 4.69) is 15.4 Å². The molecule has 7 nitrogen and oxygen atoms in total. The number of nitrogens with zero attached hydrogens (tertiary/aromatic N) is 3. The van der Waals surface area contributed by atoms with Crippen molar-refractivity contribution in [2.45, 2.75) is 6.54 Å². The average molecular weight is 314 g/mol. The lowest BCUT2D eigenvalue weighted by Crippen LogP contribution is -2.18. The van der Waals surface area contributed by atoms with E-state index in [0.717, 1.165) is 0 Å². The van der Waals surface area contributed by atoms with Gasteiger partial charge in [-0.2, -0.15) is 5.10 Å². The van der Waals surface area contributed by atoms with E-state index in [1.165, 1.54) is 29.2 Å². The normalized spacial score (nSPS) is 10.3. The topological polar surface area (TPSA) is 103 Å². The molecule has 0 saturated carbocycles. The Morgan fingerprint density at radius 3 is 2.80 bits per heavy atom. The number of hydrogen-bond donors (Lipinski definition) is 2. The van der Waals surface area contributed by atoms with Crippen LogP contribution in [0.1, 0.15) is 10.5 Å². The molecule has 0 aliphatic rings. The van der Waals surface area contributed by atoms with Gasteiger partial charge < -0.3 is 11.1 Å². The largest absolute Gasteiger partial charge is 0.368 e. The number of nitrogens with one attached hydrogen (secondary N) is 1. The van der Waals surface area contributed by atoms with Gasteiger partial charge >= 0.3 is 0 Å². The van der Waals surface area contributed by atoms with Gasteiger partial charge in [0.25, 0.3) is 5.91 Å². The highest BCUT2D eigenvalue weighted by molar-refractivity contribution is 6.35. The van der Waals surface area contributed by atoms with E-state index in [9.17, 15) is 9.59 Å². The first-order valence-electron chi connectivity index (χ1n) is 5.40. The van der Waals surface area contributed by atoms with Crippen LogP contribution >= 0.6 is 23.2 Å². The number of rotatable bonds is 4. The molecule has 0 bridgehead atoms. The van der Waals surface area contributed by atoms with Crippen molar-refractivity contribution in [1.29, 1.82) is 0 Å².